The van der Waals surface area contributed by atoms with Crippen molar-refractivity contribution in [3.8, 4) is 0 Å². The zero-order valence-electron chi connectivity index (χ0n) is 10.5. The zero-order chi connectivity index (χ0) is 11.6. The Kier molecular flexibility index (Phi) is 3.29. The Hall–Kier alpha value is -0.890. The lowest BCUT2D eigenvalue weighted by Crippen LogP contribution is -2.30. The standard InChI is InChI=1S/C14H22N2/c1-11(12-5-4-8-15-10-12)16-13-6-7-14(2,3)9-13/h4-5,8,10-11,13,16H,6-7,9H2,1-3H3/t11-,13?/m0/s1. The first-order valence-electron chi connectivity index (χ1n) is 6.23. The second kappa shape index (κ2) is 4.54. The first-order chi connectivity index (χ1) is 7.57. The van der Waals surface area contributed by atoms with E-state index in [-0.39, 0.29) is 0 Å². The van der Waals surface area contributed by atoms with Gasteiger partial charge in [0.1, 0.15) is 0 Å². The first kappa shape index (κ1) is 11.6. The summed E-state index contributed by atoms with van der Waals surface area (Å²) in [4.78, 5) is 4.17. The molecule has 1 aliphatic carbocycles. The van der Waals surface area contributed by atoms with Crippen LogP contribution in [0.15, 0.2) is 24.5 Å². The average Bonchev–Trinajstić information content (AvgIpc) is 2.59. The molecule has 0 spiro atoms. The molecule has 1 saturated carbocycles. The van der Waals surface area contributed by atoms with Crippen molar-refractivity contribution in [3.05, 3.63) is 30.1 Å². The summed E-state index contributed by atoms with van der Waals surface area (Å²) in [6.45, 7) is 6.95. The number of nitrogens with one attached hydrogen (secondary N) is 1. The van der Waals surface area contributed by atoms with Gasteiger partial charge in [-0.25, -0.2) is 0 Å². The molecular weight excluding hydrogens is 196 g/mol. The van der Waals surface area contributed by atoms with Crippen molar-refractivity contribution in [1.82, 2.24) is 10.3 Å². The topological polar surface area (TPSA) is 24.9 Å². The molecule has 0 amide bonds. The van der Waals surface area contributed by atoms with Crippen LogP contribution >= 0.6 is 0 Å². The summed E-state index contributed by atoms with van der Waals surface area (Å²) in [7, 11) is 0. The fourth-order valence-corrected chi connectivity index (χ4v) is 2.66. The fraction of sp³-hybridized carbons (Fsp3) is 0.643. The highest BCUT2D eigenvalue weighted by Crippen LogP contribution is 2.37. The maximum atomic E-state index is 4.17. The molecular formula is C14H22N2. The van der Waals surface area contributed by atoms with E-state index in [4.69, 9.17) is 0 Å². The number of nitrogens with zero attached hydrogens (tertiary/aromatic N) is 1. The molecule has 88 valence electrons. The lowest BCUT2D eigenvalue weighted by Gasteiger charge is -2.21. The predicted molar refractivity (Wildman–Crippen MR) is 67.2 cm³/mol. The Labute approximate surface area is 98.5 Å². The van der Waals surface area contributed by atoms with Gasteiger partial charge in [0.2, 0.25) is 0 Å². The van der Waals surface area contributed by atoms with Crippen LogP contribution in [0.1, 0.15) is 51.6 Å². The molecule has 2 atom stereocenters. The van der Waals surface area contributed by atoms with Crippen LogP contribution in [0, 0.1) is 5.41 Å². The summed E-state index contributed by atoms with van der Waals surface area (Å²) in [5.74, 6) is 0. The van der Waals surface area contributed by atoms with Crippen molar-refractivity contribution in [2.24, 2.45) is 5.41 Å². The van der Waals surface area contributed by atoms with Crippen LogP contribution in [0.4, 0.5) is 0 Å². The van der Waals surface area contributed by atoms with Crippen LogP contribution in [0.5, 0.6) is 0 Å². The van der Waals surface area contributed by atoms with E-state index in [1.54, 1.807) is 0 Å². The van der Waals surface area contributed by atoms with Crippen LogP contribution in [0.2, 0.25) is 0 Å². The summed E-state index contributed by atoms with van der Waals surface area (Å²) in [5.41, 5.74) is 1.80. The van der Waals surface area contributed by atoms with Crippen LogP contribution < -0.4 is 5.32 Å². The van der Waals surface area contributed by atoms with Crippen molar-refractivity contribution in [2.75, 3.05) is 0 Å². The number of pyridine rings is 1. The minimum absolute atomic E-state index is 0.410. The highest BCUT2D eigenvalue weighted by molar-refractivity contribution is 5.13. The molecule has 1 unspecified atom stereocenters. The lowest BCUT2D eigenvalue weighted by molar-refractivity contribution is 0.356. The van der Waals surface area contributed by atoms with E-state index in [9.17, 15) is 0 Å². The Morgan fingerprint density at radius 1 is 1.50 bits per heavy atom. The maximum absolute atomic E-state index is 4.17. The summed E-state index contributed by atoms with van der Waals surface area (Å²) in [6, 6.07) is 5.23. The van der Waals surface area contributed by atoms with E-state index in [0.717, 1.165) is 0 Å². The molecule has 0 aliphatic heterocycles. The third-order valence-electron chi connectivity index (χ3n) is 3.64. The SMILES string of the molecule is C[C@H](NC1CCC(C)(C)C1)c1cccnc1. The number of hydrogen-bond donors (Lipinski definition) is 1. The van der Waals surface area contributed by atoms with Crippen LogP contribution in [0.25, 0.3) is 0 Å². The largest absolute Gasteiger partial charge is 0.307 e. The Morgan fingerprint density at radius 2 is 2.31 bits per heavy atom. The van der Waals surface area contributed by atoms with Gasteiger partial charge in [-0.2, -0.15) is 0 Å². The van der Waals surface area contributed by atoms with Crippen LogP contribution in [-0.2, 0) is 0 Å². The molecule has 1 heterocycles. The third kappa shape index (κ3) is 2.82. The second-order valence-electron chi connectivity index (χ2n) is 5.78. The van der Waals surface area contributed by atoms with Crippen molar-refractivity contribution < 1.29 is 0 Å². The average molecular weight is 218 g/mol. The van der Waals surface area contributed by atoms with E-state index in [0.29, 0.717) is 17.5 Å². The summed E-state index contributed by atoms with van der Waals surface area (Å²) in [5, 5.41) is 3.71. The van der Waals surface area contributed by atoms with Gasteiger partial charge in [0.25, 0.3) is 0 Å². The van der Waals surface area contributed by atoms with Crippen LogP contribution in [-0.4, -0.2) is 11.0 Å². The van der Waals surface area contributed by atoms with Gasteiger partial charge in [0.05, 0.1) is 0 Å². The van der Waals surface area contributed by atoms with Crippen molar-refractivity contribution >= 4 is 0 Å². The fourth-order valence-electron chi connectivity index (χ4n) is 2.66. The van der Waals surface area contributed by atoms with Gasteiger partial charge in [-0.15, -0.1) is 0 Å². The molecule has 0 radical (unpaired) electrons. The van der Waals surface area contributed by atoms with E-state index < -0.39 is 0 Å². The van der Waals surface area contributed by atoms with E-state index in [2.05, 4.69) is 37.1 Å². The smallest absolute Gasteiger partial charge is 0.0315 e. The zero-order valence-corrected chi connectivity index (χ0v) is 10.5. The molecule has 0 aromatic carbocycles. The Bertz CT molecular complexity index is 332. The molecule has 0 saturated heterocycles. The van der Waals surface area contributed by atoms with Gasteiger partial charge in [0.15, 0.2) is 0 Å². The summed E-state index contributed by atoms with van der Waals surface area (Å²) >= 11 is 0. The maximum Gasteiger partial charge on any atom is 0.0315 e. The summed E-state index contributed by atoms with van der Waals surface area (Å²) in [6.07, 6.45) is 7.71. The monoisotopic (exact) mass is 218 g/mol. The Balaban J connectivity index is 1.91. The lowest BCUT2D eigenvalue weighted by atomic mass is 9.91. The minimum Gasteiger partial charge on any atom is -0.307 e. The molecule has 1 aliphatic rings. The third-order valence-corrected chi connectivity index (χ3v) is 3.64. The first-order valence-corrected chi connectivity index (χ1v) is 6.23. The number of aromatic nitrogens is 1. The van der Waals surface area contributed by atoms with Gasteiger partial charge < -0.3 is 5.32 Å². The molecule has 2 heteroatoms. The number of rotatable bonds is 3. The van der Waals surface area contributed by atoms with Crippen molar-refractivity contribution in [3.63, 3.8) is 0 Å². The Morgan fingerprint density at radius 3 is 2.88 bits per heavy atom. The molecule has 16 heavy (non-hydrogen) atoms. The molecule has 1 fully saturated rings. The van der Waals surface area contributed by atoms with Crippen molar-refractivity contribution in [2.45, 2.75) is 52.1 Å². The molecule has 1 N–H and O–H groups in total. The van der Waals surface area contributed by atoms with Gasteiger partial charge >= 0.3 is 0 Å². The minimum atomic E-state index is 0.410. The second-order valence-corrected chi connectivity index (χ2v) is 5.78. The van der Waals surface area contributed by atoms with Gasteiger partial charge in [0, 0.05) is 24.5 Å². The van der Waals surface area contributed by atoms with E-state index in [1.807, 2.05) is 18.5 Å². The predicted octanol–water partition coefficient (Wildman–Crippen LogP) is 3.31. The van der Waals surface area contributed by atoms with E-state index in [1.165, 1.54) is 24.8 Å². The van der Waals surface area contributed by atoms with Gasteiger partial charge in [-0.05, 0) is 43.2 Å². The quantitative estimate of drug-likeness (QED) is 0.842. The molecule has 0 bridgehead atoms. The molecule has 1 aromatic heterocycles. The molecule has 2 rings (SSSR count). The van der Waals surface area contributed by atoms with E-state index >= 15 is 0 Å². The summed E-state index contributed by atoms with van der Waals surface area (Å²) < 4.78 is 0. The van der Waals surface area contributed by atoms with Gasteiger partial charge in [-0.1, -0.05) is 19.9 Å². The van der Waals surface area contributed by atoms with Gasteiger partial charge in [-0.3, -0.25) is 4.98 Å². The highest BCUT2D eigenvalue weighted by Gasteiger charge is 2.31. The molecule has 1 aromatic rings. The van der Waals surface area contributed by atoms with Crippen molar-refractivity contribution in [1.29, 1.82) is 0 Å². The number of hydrogen-bond acceptors (Lipinski definition) is 2. The molecule has 2 nitrogen and oxygen atoms in total. The normalized spacial score (nSPS) is 25.6. The van der Waals surface area contributed by atoms with Crippen LogP contribution in [0.3, 0.4) is 0 Å². The highest BCUT2D eigenvalue weighted by atomic mass is 15.0.